The zero-order valence-electron chi connectivity index (χ0n) is 12.4. The molecule has 0 saturated heterocycles. The van der Waals surface area contributed by atoms with Crippen molar-refractivity contribution in [2.75, 3.05) is 12.1 Å². The maximum atomic E-state index is 11.0. The van der Waals surface area contributed by atoms with Crippen LogP contribution in [0.2, 0.25) is 18.1 Å². The molecule has 0 saturated carbocycles. The van der Waals surface area contributed by atoms with Crippen molar-refractivity contribution in [2.24, 2.45) is 0 Å². The second-order valence-corrected chi connectivity index (χ2v) is 10.8. The zero-order chi connectivity index (χ0) is 14.8. The Morgan fingerprint density at radius 2 is 1.79 bits per heavy atom. The van der Waals surface area contributed by atoms with E-state index in [1.165, 1.54) is 11.1 Å². The average Bonchev–Trinajstić information content (AvgIpc) is 2.26. The lowest BCUT2D eigenvalue weighted by Crippen LogP contribution is -2.45. The van der Waals surface area contributed by atoms with Gasteiger partial charge in [0.2, 0.25) is 8.32 Å². The Kier molecular flexibility index (Phi) is 4.37. The molecule has 5 nitrogen and oxygen atoms in total. The number of rotatable bonds is 4. The highest BCUT2D eigenvalue weighted by atomic mass is 28.4. The zero-order valence-corrected chi connectivity index (χ0v) is 13.4. The summed E-state index contributed by atoms with van der Waals surface area (Å²) in [7, 11) is -0.280. The fourth-order valence-corrected chi connectivity index (χ4v) is 2.47. The molecule has 0 atom stereocenters. The highest BCUT2D eigenvalue weighted by Crippen LogP contribution is 2.38. The number of nitro benzene ring substituents is 1. The van der Waals surface area contributed by atoms with Crippen molar-refractivity contribution in [3.05, 3.63) is 34.4 Å². The summed E-state index contributed by atoms with van der Waals surface area (Å²) in [5.41, 5.74) is 0.543. The molecular formula is C13H22N2O3Si. The lowest BCUT2D eigenvalue weighted by molar-refractivity contribution is -0.384. The molecule has 0 aliphatic rings. The minimum Gasteiger partial charge on any atom is -0.319 e. The van der Waals surface area contributed by atoms with Crippen LogP contribution in [-0.4, -0.2) is 20.3 Å². The van der Waals surface area contributed by atoms with Gasteiger partial charge in [0, 0.05) is 13.1 Å². The standard InChI is InChI=1S/C13H22N2O3Si/c1-13(2,3)19(5,6)18-14(4)11-9-7-8-10-12(11)15(16)17/h7-10H,1-6H3. The summed E-state index contributed by atoms with van der Waals surface area (Å²) >= 11 is 0. The number of benzene rings is 1. The van der Waals surface area contributed by atoms with E-state index >= 15 is 0 Å². The number of para-hydroxylation sites is 2. The number of nitro groups is 1. The third-order valence-corrected chi connectivity index (χ3v) is 7.93. The highest BCUT2D eigenvalue weighted by Gasteiger charge is 2.40. The monoisotopic (exact) mass is 282 g/mol. The van der Waals surface area contributed by atoms with Gasteiger partial charge < -0.3 is 4.53 Å². The van der Waals surface area contributed by atoms with Gasteiger partial charge in [0.1, 0.15) is 5.69 Å². The van der Waals surface area contributed by atoms with Gasteiger partial charge >= 0.3 is 0 Å². The first-order chi connectivity index (χ1) is 8.56. The summed E-state index contributed by atoms with van der Waals surface area (Å²) in [4.78, 5) is 10.6. The van der Waals surface area contributed by atoms with E-state index < -0.39 is 8.32 Å². The second-order valence-electron chi connectivity index (χ2n) is 6.09. The van der Waals surface area contributed by atoms with Crippen LogP contribution in [0.4, 0.5) is 11.4 Å². The van der Waals surface area contributed by atoms with E-state index in [9.17, 15) is 10.1 Å². The fourth-order valence-electron chi connectivity index (χ4n) is 1.41. The molecule has 0 fully saturated rings. The van der Waals surface area contributed by atoms with E-state index in [2.05, 4.69) is 33.9 Å². The normalized spacial score (nSPS) is 12.3. The summed E-state index contributed by atoms with van der Waals surface area (Å²) < 4.78 is 6.05. The van der Waals surface area contributed by atoms with Crippen LogP contribution in [0.5, 0.6) is 0 Å². The smallest absolute Gasteiger partial charge is 0.294 e. The van der Waals surface area contributed by atoms with Gasteiger partial charge in [-0.05, 0) is 24.2 Å². The molecule has 0 aliphatic carbocycles. The van der Waals surface area contributed by atoms with E-state index in [0.29, 0.717) is 5.69 Å². The molecule has 0 N–H and O–H groups in total. The van der Waals surface area contributed by atoms with E-state index in [0.717, 1.165) is 0 Å². The lowest BCUT2D eigenvalue weighted by atomic mass is 10.2. The van der Waals surface area contributed by atoms with E-state index in [1.807, 2.05) is 0 Å². The van der Waals surface area contributed by atoms with Crippen LogP contribution in [0.1, 0.15) is 20.8 Å². The van der Waals surface area contributed by atoms with Gasteiger partial charge in [-0.15, -0.1) is 0 Å². The van der Waals surface area contributed by atoms with Gasteiger partial charge in [-0.2, -0.15) is 0 Å². The topological polar surface area (TPSA) is 55.6 Å². The molecule has 0 radical (unpaired) electrons. The fraction of sp³-hybridized carbons (Fsp3) is 0.538. The quantitative estimate of drug-likeness (QED) is 0.476. The minimum absolute atomic E-state index is 0.0464. The SMILES string of the molecule is CN(O[Si](C)(C)C(C)(C)C)c1ccccc1[N+](=O)[O-]. The predicted molar refractivity (Wildman–Crippen MR) is 79.8 cm³/mol. The van der Waals surface area contributed by atoms with E-state index in [4.69, 9.17) is 4.53 Å². The van der Waals surface area contributed by atoms with Crippen molar-refractivity contribution < 1.29 is 9.45 Å². The maximum Gasteiger partial charge on any atom is 0.294 e. The Hall–Kier alpha value is -1.40. The summed E-state index contributed by atoms with van der Waals surface area (Å²) in [6.45, 7) is 10.6. The molecule has 0 aromatic heterocycles. The average molecular weight is 282 g/mol. The molecule has 0 amide bonds. The van der Waals surface area contributed by atoms with Gasteiger partial charge in [0.05, 0.1) is 4.92 Å². The highest BCUT2D eigenvalue weighted by molar-refractivity contribution is 6.74. The molecule has 0 unspecified atom stereocenters. The van der Waals surface area contributed by atoms with Crippen LogP contribution in [-0.2, 0) is 4.53 Å². The molecule has 0 spiro atoms. The summed E-state index contributed by atoms with van der Waals surface area (Å²) in [5.74, 6) is 0. The Balaban J connectivity index is 3.03. The van der Waals surface area contributed by atoms with Crippen molar-refractivity contribution in [3.8, 4) is 0 Å². The van der Waals surface area contributed by atoms with Crippen LogP contribution in [0.3, 0.4) is 0 Å². The van der Waals surface area contributed by atoms with Crippen LogP contribution in [0.25, 0.3) is 0 Å². The molecule has 0 aliphatic heterocycles. The largest absolute Gasteiger partial charge is 0.319 e. The molecule has 106 valence electrons. The second kappa shape index (κ2) is 5.30. The molecule has 0 heterocycles. The van der Waals surface area contributed by atoms with Crippen LogP contribution in [0.15, 0.2) is 24.3 Å². The third kappa shape index (κ3) is 3.54. The van der Waals surface area contributed by atoms with Gasteiger partial charge in [0.25, 0.3) is 5.69 Å². The van der Waals surface area contributed by atoms with Gasteiger partial charge in [-0.3, -0.25) is 15.2 Å². The Labute approximate surface area is 115 Å². The van der Waals surface area contributed by atoms with Crippen molar-refractivity contribution >= 4 is 19.7 Å². The first kappa shape index (κ1) is 15.7. The number of nitrogens with zero attached hydrogens (tertiary/aromatic N) is 2. The third-order valence-electron chi connectivity index (χ3n) is 3.59. The van der Waals surface area contributed by atoms with Gasteiger partial charge in [0.15, 0.2) is 0 Å². The summed E-state index contributed by atoms with van der Waals surface area (Å²) in [6, 6.07) is 6.61. The van der Waals surface area contributed by atoms with Gasteiger partial charge in [-0.25, -0.2) is 0 Å². The Morgan fingerprint density at radius 1 is 1.26 bits per heavy atom. The minimum atomic E-state index is -2.01. The molecule has 1 aromatic carbocycles. The first-order valence-corrected chi connectivity index (χ1v) is 9.13. The lowest BCUT2D eigenvalue weighted by Gasteiger charge is -2.38. The molecule has 0 bridgehead atoms. The summed E-state index contributed by atoms with van der Waals surface area (Å²) in [5, 5.41) is 12.6. The molecule has 1 aromatic rings. The number of anilines is 1. The number of hydrogen-bond acceptors (Lipinski definition) is 4. The van der Waals surface area contributed by atoms with Crippen LogP contribution < -0.4 is 5.06 Å². The predicted octanol–water partition coefficient (Wildman–Crippen LogP) is 3.97. The van der Waals surface area contributed by atoms with Crippen molar-refractivity contribution in [2.45, 2.75) is 38.9 Å². The van der Waals surface area contributed by atoms with Gasteiger partial charge in [-0.1, -0.05) is 32.9 Å². The molecular weight excluding hydrogens is 260 g/mol. The maximum absolute atomic E-state index is 11.0. The first-order valence-electron chi connectivity index (χ1n) is 6.22. The number of hydrogen-bond donors (Lipinski definition) is 0. The van der Waals surface area contributed by atoms with Crippen LogP contribution in [0, 0.1) is 10.1 Å². The molecule has 1 rings (SSSR count). The van der Waals surface area contributed by atoms with Crippen molar-refractivity contribution in [1.82, 2.24) is 0 Å². The van der Waals surface area contributed by atoms with E-state index in [1.54, 1.807) is 25.2 Å². The molecule has 19 heavy (non-hydrogen) atoms. The Morgan fingerprint density at radius 3 is 2.26 bits per heavy atom. The number of hydroxylamine groups is 1. The molecule has 6 heteroatoms. The van der Waals surface area contributed by atoms with Crippen molar-refractivity contribution in [3.63, 3.8) is 0 Å². The Bertz CT molecular complexity index is 469. The summed E-state index contributed by atoms with van der Waals surface area (Å²) in [6.07, 6.45) is 0. The van der Waals surface area contributed by atoms with Crippen molar-refractivity contribution in [1.29, 1.82) is 0 Å². The van der Waals surface area contributed by atoms with E-state index in [-0.39, 0.29) is 15.6 Å². The van der Waals surface area contributed by atoms with Crippen LogP contribution >= 0.6 is 0 Å².